The molecule has 1 N–H and O–H groups in total. The average molecular weight is 265 g/mol. The Morgan fingerprint density at radius 3 is 2.53 bits per heavy atom. The Kier molecular flexibility index (Phi) is 4.38. The predicted octanol–water partition coefficient (Wildman–Crippen LogP) is 0.0454. The van der Waals surface area contributed by atoms with Gasteiger partial charge in [0.05, 0.1) is 19.3 Å². The Balaban J connectivity index is 1.70. The van der Waals surface area contributed by atoms with Gasteiger partial charge in [-0.15, -0.1) is 0 Å². The second-order valence-electron chi connectivity index (χ2n) is 5.05. The highest BCUT2D eigenvalue weighted by molar-refractivity contribution is 5.86. The summed E-state index contributed by atoms with van der Waals surface area (Å²) in [5, 5.41) is 11.7. The van der Waals surface area contributed by atoms with Crippen LogP contribution in [0, 0.1) is 16.7 Å². The Bertz CT molecular complexity index is 392. The summed E-state index contributed by atoms with van der Waals surface area (Å²) in [5.74, 6) is -0.195. The number of hydrogen-bond donors (Lipinski definition) is 1. The van der Waals surface area contributed by atoms with Crippen molar-refractivity contribution in [2.45, 2.75) is 25.7 Å². The van der Waals surface area contributed by atoms with Gasteiger partial charge < -0.3 is 15.0 Å². The summed E-state index contributed by atoms with van der Waals surface area (Å²) in [4.78, 5) is 25.4. The molecule has 1 heterocycles. The predicted molar refractivity (Wildman–Crippen MR) is 66.9 cm³/mol. The van der Waals surface area contributed by atoms with Crippen LogP contribution in [0.1, 0.15) is 25.7 Å². The maximum atomic E-state index is 11.9. The molecule has 0 unspecified atom stereocenters. The van der Waals surface area contributed by atoms with E-state index in [0.29, 0.717) is 45.7 Å². The van der Waals surface area contributed by atoms with Gasteiger partial charge in [-0.2, -0.15) is 5.26 Å². The minimum atomic E-state index is -0.831. The number of amides is 2. The third kappa shape index (κ3) is 3.04. The fraction of sp³-hybridized carbons (Fsp3) is 0.769. The third-order valence-electron chi connectivity index (χ3n) is 3.84. The Labute approximate surface area is 112 Å². The smallest absolute Gasteiger partial charge is 0.240 e. The normalized spacial score (nSPS) is 21.1. The first-order valence-electron chi connectivity index (χ1n) is 6.73. The molecule has 1 aliphatic heterocycles. The zero-order chi connectivity index (χ0) is 13.7. The Morgan fingerprint density at radius 1 is 1.32 bits per heavy atom. The molecule has 19 heavy (non-hydrogen) atoms. The van der Waals surface area contributed by atoms with Gasteiger partial charge in [-0.25, -0.2) is 0 Å². The van der Waals surface area contributed by atoms with E-state index in [9.17, 15) is 9.59 Å². The first-order valence-corrected chi connectivity index (χ1v) is 6.73. The van der Waals surface area contributed by atoms with Crippen molar-refractivity contribution >= 4 is 11.8 Å². The van der Waals surface area contributed by atoms with Crippen molar-refractivity contribution in [1.29, 1.82) is 5.26 Å². The summed E-state index contributed by atoms with van der Waals surface area (Å²) in [6.07, 6.45) is 2.47. The minimum absolute atomic E-state index is 0.0308. The largest absolute Gasteiger partial charge is 0.378 e. The fourth-order valence-corrected chi connectivity index (χ4v) is 2.34. The summed E-state index contributed by atoms with van der Waals surface area (Å²) in [7, 11) is 0. The molecule has 0 aromatic rings. The van der Waals surface area contributed by atoms with Gasteiger partial charge in [-0.3, -0.25) is 9.59 Å². The Hall–Kier alpha value is -1.61. The van der Waals surface area contributed by atoms with E-state index >= 15 is 0 Å². The van der Waals surface area contributed by atoms with E-state index in [-0.39, 0.29) is 18.2 Å². The summed E-state index contributed by atoms with van der Waals surface area (Å²) in [6.45, 7) is 2.70. The Morgan fingerprint density at radius 2 is 2.00 bits per heavy atom. The van der Waals surface area contributed by atoms with Crippen molar-refractivity contribution in [2.24, 2.45) is 5.41 Å². The number of ether oxygens (including phenoxy) is 1. The van der Waals surface area contributed by atoms with Crippen LogP contribution in [0.3, 0.4) is 0 Å². The molecule has 0 radical (unpaired) electrons. The van der Waals surface area contributed by atoms with E-state index in [1.807, 2.05) is 0 Å². The van der Waals surface area contributed by atoms with E-state index in [4.69, 9.17) is 10.00 Å². The van der Waals surface area contributed by atoms with Gasteiger partial charge >= 0.3 is 0 Å². The molecular weight excluding hydrogens is 246 g/mol. The number of carbonyl (C=O) groups is 2. The van der Waals surface area contributed by atoms with E-state index in [2.05, 4.69) is 11.4 Å². The van der Waals surface area contributed by atoms with Gasteiger partial charge in [0.2, 0.25) is 11.8 Å². The number of nitrogens with one attached hydrogen (secondary N) is 1. The van der Waals surface area contributed by atoms with Gasteiger partial charge in [0.15, 0.2) is 0 Å². The van der Waals surface area contributed by atoms with E-state index in [1.54, 1.807) is 4.90 Å². The van der Waals surface area contributed by atoms with Crippen molar-refractivity contribution in [1.82, 2.24) is 10.2 Å². The maximum Gasteiger partial charge on any atom is 0.240 e. The molecule has 0 atom stereocenters. The lowest BCUT2D eigenvalue weighted by Gasteiger charge is -2.33. The van der Waals surface area contributed by atoms with E-state index in [0.717, 1.165) is 6.42 Å². The standard InChI is InChI=1S/C13H19N3O3/c14-10-13(3-1-4-13)12(18)15-5-2-11(17)16-6-8-19-9-7-16/h1-9H2,(H,15,18). The lowest BCUT2D eigenvalue weighted by molar-refractivity contribution is -0.135. The van der Waals surface area contributed by atoms with Crippen LogP contribution in [0.4, 0.5) is 0 Å². The molecule has 104 valence electrons. The molecule has 2 aliphatic rings. The van der Waals surface area contributed by atoms with Crippen LogP contribution in [0.25, 0.3) is 0 Å². The highest BCUT2D eigenvalue weighted by Gasteiger charge is 2.44. The van der Waals surface area contributed by atoms with Crippen LogP contribution in [-0.4, -0.2) is 49.6 Å². The number of hydrogen-bond acceptors (Lipinski definition) is 4. The zero-order valence-corrected chi connectivity index (χ0v) is 11.0. The zero-order valence-electron chi connectivity index (χ0n) is 11.0. The molecule has 0 aromatic carbocycles. The van der Waals surface area contributed by atoms with Crippen LogP contribution in [-0.2, 0) is 14.3 Å². The molecule has 1 aliphatic carbocycles. The maximum absolute atomic E-state index is 11.9. The van der Waals surface area contributed by atoms with Gasteiger partial charge in [0.1, 0.15) is 5.41 Å². The van der Waals surface area contributed by atoms with Gasteiger partial charge in [0, 0.05) is 26.1 Å². The minimum Gasteiger partial charge on any atom is -0.378 e. The number of nitriles is 1. The quantitative estimate of drug-likeness (QED) is 0.778. The molecular formula is C13H19N3O3. The molecule has 2 amide bonds. The second kappa shape index (κ2) is 6.02. The van der Waals surface area contributed by atoms with E-state index < -0.39 is 5.41 Å². The van der Waals surface area contributed by atoms with Crippen molar-refractivity contribution in [3.8, 4) is 6.07 Å². The van der Waals surface area contributed by atoms with Crippen molar-refractivity contribution in [3.05, 3.63) is 0 Å². The first-order chi connectivity index (χ1) is 9.18. The van der Waals surface area contributed by atoms with Crippen molar-refractivity contribution in [3.63, 3.8) is 0 Å². The summed E-state index contributed by atoms with van der Waals surface area (Å²) < 4.78 is 5.17. The number of morpholine rings is 1. The first kappa shape index (κ1) is 13.8. The lowest BCUT2D eigenvalue weighted by atomic mass is 9.69. The number of nitrogens with zero attached hydrogens (tertiary/aromatic N) is 2. The van der Waals surface area contributed by atoms with Crippen LogP contribution in [0.5, 0.6) is 0 Å². The molecule has 2 rings (SSSR count). The molecule has 0 aromatic heterocycles. The topological polar surface area (TPSA) is 82.4 Å². The van der Waals surface area contributed by atoms with Gasteiger partial charge in [-0.1, -0.05) is 0 Å². The monoisotopic (exact) mass is 265 g/mol. The lowest BCUT2D eigenvalue weighted by Crippen LogP contribution is -2.46. The molecule has 1 saturated carbocycles. The fourth-order valence-electron chi connectivity index (χ4n) is 2.34. The number of carbonyl (C=O) groups excluding carboxylic acids is 2. The van der Waals surface area contributed by atoms with Crippen LogP contribution >= 0.6 is 0 Å². The molecule has 6 heteroatoms. The summed E-state index contributed by atoms with van der Waals surface area (Å²) in [6, 6.07) is 2.09. The van der Waals surface area contributed by atoms with Gasteiger partial charge in [-0.05, 0) is 19.3 Å². The molecule has 2 fully saturated rings. The molecule has 0 spiro atoms. The van der Waals surface area contributed by atoms with Crippen molar-refractivity contribution in [2.75, 3.05) is 32.8 Å². The van der Waals surface area contributed by atoms with Crippen molar-refractivity contribution < 1.29 is 14.3 Å². The third-order valence-corrected chi connectivity index (χ3v) is 3.84. The number of rotatable bonds is 4. The molecule has 1 saturated heterocycles. The highest BCUT2D eigenvalue weighted by Crippen LogP contribution is 2.40. The van der Waals surface area contributed by atoms with Crippen LogP contribution in [0.15, 0.2) is 0 Å². The average Bonchev–Trinajstić information content (AvgIpc) is 2.39. The van der Waals surface area contributed by atoms with Crippen LogP contribution < -0.4 is 5.32 Å². The van der Waals surface area contributed by atoms with E-state index in [1.165, 1.54) is 0 Å². The van der Waals surface area contributed by atoms with Crippen LogP contribution in [0.2, 0.25) is 0 Å². The molecule has 6 nitrogen and oxygen atoms in total. The summed E-state index contributed by atoms with van der Waals surface area (Å²) in [5.41, 5.74) is -0.831. The SMILES string of the molecule is N#CC1(C(=O)NCCC(=O)N2CCOCC2)CCC1. The highest BCUT2D eigenvalue weighted by atomic mass is 16.5. The molecule has 0 bridgehead atoms. The summed E-state index contributed by atoms with van der Waals surface area (Å²) >= 11 is 0. The van der Waals surface area contributed by atoms with Gasteiger partial charge in [0.25, 0.3) is 0 Å². The second-order valence-corrected chi connectivity index (χ2v) is 5.05.